The maximum absolute atomic E-state index is 13.2. The molecule has 0 radical (unpaired) electrons. The Bertz CT molecular complexity index is 926. The molecule has 1 fully saturated rings. The van der Waals surface area contributed by atoms with Crippen molar-refractivity contribution in [1.29, 1.82) is 0 Å². The molecule has 0 spiro atoms. The van der Waals surface area contributed by atoms with Gasteiger partial charge in [0.1, 0.15) is 5.82 Å². The Balaban J connectivity index is 1.77. The minimum absolute atomic E-state index is 0.0186. The highest BCUT2D eigenvalue weighted by Gasteiger charge is 2.34. The lowest BCUT2D eigenvalue weighted by molar-refractivity contribution is 0.0732. The van der Waals surface area contributed by atoms with Crippen LogP contribution in [0.15, 0.2) is 16.8 Å². The lowest BCUT2D eigenvalue weighted by Gasteiger charge is -2.23. The number of pyridine rings is 1. The van der Waals surface area contributed by atoms with Gasteiger partial charge in [0.15, 0.2) is 0 Å². The summed E-state index contributed by atoms with van der Waals surface area (Å²) in [6.07, 6.45) is 3.68. The van der Waals surface area contributed by atoms with Crippen LogP contribution >= 0.6 is 0 Å². The number of H-pyrrole nitrogens is 1. The van der Waals surface area contributed by atoms with Gasteiger partial charge in [-0.2, -0.15) is 0 Å². The molecule has 4 heterocycles. The molecule has 0 aromatic carbocycles. The first-order valence-electron chi connectivity index (χ1n) is 8.10. The fourth-order valence-electron chi connectivity index (χ4n) is 3.44. The quantitative estimate of drug-likeness (QED) is 0.782. The normalized spacial score (nSPS) is 17.8. The van der Waals surface area contributed by atoms with Crippen molar-refractivity contribution >= 4 is 17.0 Å². The first-order chi connectivity index (χ1) is 11.5. The Morgan fingerprint density at radius 3 is 2.96 bits per heavy atom. The standard InChI is InChI=1S/C17H19N5O2/c1-9-7-12(14-11(3)21-24-16(14)20-9)17(23)22-6-4-5-13(22)15-18-8-10(2)19-15/h7-8,13H,4-6H2,1-3H3,(H,18,19)/t13-/m1/s1. The molecule has 0 unspecified atom stereocenters. The number of nitrogens with zero attached hydrogens (tertiary/aromatic N) is 4. The van der Waals surface area contributed by atoms with Gasteiger partial charge in [-0.05, 0) is 39.7 Å². The molecule has 3 aromatic heterocycles. The van der Waals surface area contributed by atoms with Gasteiger partial charge >= 0.3 is 0 Å². The van der Waals surface area contributed by atoms with E-state index < -0.39 is 0 Å². The third-order valence-corrected chi connectivity index (χ3v) is 4.53. The van der Waals surface area contributed by atoms with E-state index in [1.54, 1.807) is 6.20 Å². The molecule has 0 aliphatic carbocycles. The molecule has 0 saturated carbocycles. The second-order valence-electron chi connectivity index (χ2n) is 6.37. The number of hydrogen-bond acceptors (Lipinski definition) is 5. The topological polar surface area (TPSA) is 87.9 Å². The Labute approximate surface area is 139 Å². The summed E-state index contributed by atoms with van der Waals surface area (Å²) in [6.45, 7) is 6.37. The zero-order valence-electron chi connectivity index (χ0n) is 14.0. The van der Waals surface area contributed by atoms with Gasteiger partial charge in [-0.1, -0.05) is 5.16 Å². The molecule has 1 saturated heterocycles. The Hall–Kier alpha value is -2.70. The van der Waals surface area contributed by atoms with Crippen LogP contribution in [-0.4, -0.2) is 37.5 Å². The fraction of sp³-hybridized carbons (Fsp3) is 0.412. The summed E-state index contributed by atoms with van der Waals surface area (Å²) in [4.78, 5) is 27.1. The summed E-state index contributed by atoms with van der Waals surface area (Å²) < 4.78 is 5.25. The maximum Gasteiger partial charge on any atom is 0.258 e. The molecule has 24 heavy (non-hydrogen) atoms. The summed E-state index contributed by atoms with van der Waals surface area (Å²) in [5.74, 6) is 0.829. The molecule has 1 aliphatic rings. The van der Waals surface area contributed by atoms with Gasteiger partial charge in [0.2, 0.25) is 0 Å². The van der Waals surface area contributed by atoms with Gasteiger partial charge in [0.05, 0.1) is 22.7 Å². The summed E-state index contributed by atoms with van der Waals surface area (Å²) >= 11 is 0. The average molecular weight is 325 g/mol. The molecule has 124 valence electrons. The molecule has 1 aliphatic heterocycles. The molecular weight excluding hydrogens is 306 g/mol. The van der Waals surface area contributed by atoms with Crippen LogP contribution in [0, 0.1) is 20.8 Å². The molecule has 7 nitrogen and oxygen atoms in total. The van der Waals surface area contributed by atoms with Crippen LogP contribution < -0.4 is 0 Å². The Morgan fingerprint density at radius 2 is 2.21 bits per heavy atom. The molecule has 1 atom stereocenters. The van der Waals surface area contributed by atoms with E-state index in [1.807, 2.05) is 31.7 Å². The maximum atomic E-state index is 13.2. The van der Waals surface area contributed by atoms with Crippen LogP contribution in [0.5, 0.6) is 0 Å². The monoisotopic (exact) mass is 325 g/mol. The van der Waals surface area contributed by atoms with Gasteiger partial charge < -0.3 is 14.4 Å². The van der Waals surface area contributed by atoms with E-state index in [9.17, 15) is 4.79 Å². The highest BCUT2D eigenvalue weighted by Crippen LogP contribution is 2.33. The van der Waals surface area contributed by atoms with Crippen LogP contribution in [0.1, 0.15) is 52.1 Å². The number of fused-ring (bicyclic) bond motifs is 1. The number of rotatable bonds is 2. The highest BCUT2D eigenvalue weighted by atomic mass is 16.5. The molecule has 1 N–H and O–H groups in total. The summed E-state index contributed by atoms with van der Waals surface area (Å²) in [5.41, 5.74) is 3.45. The van der Waals surface area contributed by atoms with E-state index in [-0.39, 0.29) is 11.9 Å². The van der Waals surface area contributed by atoms with Crippen molar-refractivity contribution in [3.05, 3.63) is 40.7 Å². The molecule has 3 aromatic rings. The van der Waals surface area contributed by atoms with Crippen molar-refractivity contribution in [3.8, 4) is 0 Å². The van der Waals surface area contributed by atoms with E-state index in [4.69, 9.17) is 4.52 Å². The van der Waals surface area contributed by atoms with Gasteiger partial charge in [0, 0.05) is 24.1 Å². The van der Waals surface area contributed by atoms with Crippen molar-refractivity contribution in [2.45, 2.75) is 39.7 Å². The van der Waals surface area contributed by atoms with Crippen LogP contribution in [-0.2, 0) is 0 Å². The predicted octanol–water partition coefficient (Wildman–Crippen LogP) is 2.85. The van der Waals surface area contributed by atoms with Crippen molar-refractivity contribution in [1.82, 2.24) is 25.0 Å². The Morgan fingerprint density at radius 1 is 1.38 bits per heavy atom. The lowest BCUT2D eigenvalue weighted by atomic mass is 10.1. The third kappa shape index (κ3) is 2.28. The molecular formula is C17H19N5O2. The molecule has 7 heteroatoms. The average Bonchev–Trinajstić information content (AvgIpc) is 3.26. The van der Waals surface area contributed by atoms with Crippen molar-refractivity contribution in [2.75, 3.05) is 6.54 Å². The lowest BCUT2D eigenvalue weighted by Crippen LogP contribution is -2.31. The van der Waals surface area contributed by atoms with Crippen molar-refractivity contribution in [3.63, 3.8) is 0 Å². The second-order valence-corrected chi connectivity index (χ2v) is 6.37. The van der Waals surface area contributed by atoms with Gasteiger partial charge in [0.25, 0.3) is 11.6 Å². The smallest absolute Gasteiger partial charge is 0.258 e. The van der Waals surface area contributed by atoms with Crippen LogP contribution in [0.3, 0.4) is 0 Å². The third-order valence-electron chi connectivity index (χ3n) is 4.53. The number of hydrogen-bond donors (Lipinski definition) is 1. The van der Waals surface area contributed by atoms with Crippen LogP contribution in [0.25, 0.3) is 11.1 Å². The van der Waals surface area contributed by atoms with Gasteiger partial charge in [-0.25, -0.2) is 9.97 Å². The van der Waals surface area contributed by atoms with E-state index in [0.717, 1.165) is 36.6 Å². The molecule has 0 bridgehead atoms. The highest BCUT2D eigenvalue weighted by molar-refractivity contribution is 6.06. The van der Waals surface area contributed by atoms with Crippen molar-refractivity contribution in [2.24, 2.45) is 0 Å². The van der Waals surface area contributed by atoms with E-state index in [2.05, 4.69) is 20.1 Å². The summed E-state index contributed by atoms with van der Waals surface area (Å²) in [7, 11) is 0. The zero-order valence-corrected chi connectivity index (χ0v) is 14.0. The van der Waals surface area contributed by atoms with Crippen LogP contribution in [0.4, 0.5) is 0 Å². The first kappa shape index (κ1) is 14.9. The molecule has 1 amide bonds. The molecule has 4 rings (SSSR count). The first-order valence-corrected chi connectivity index (χ1v) is 8.10. The summed E-state index contributed by atoms with van der Waals surface area (Å²) in [5, 5.41) is 4.66. The number of aryl methyl sites for hydroxylation is 3. The van der Waals surface area contributed by atoms with Crippen molar-refractivity contribution < 1.29 is 9.32 Å². The largest absolute Gasteiger partial charge is 0.344 e. The predicted molar refractivity (Wildman–Crippen MR) is 87.6 cm³/mol. The number of likely N-dealkylation sites (tertiary alicyclic amines) is 1. The number of aromatic amines is 1. The number of nitrogens with one attached hydrogen (secondary N) is 1. The second kappa shape index (κ2) is 5.43. The van der Waals surface area contributed by atoms with E-state index in [1.165, 1.54) is 0 Å². The van der Waals surface area contributed by atoms with E-state index in [0.29, 0.717) is 22.4 Å². The number of carbonyl (C=O) groups is 1. The van der Waals surface area contributed by atoms with Gasteiger partial charge in [-0.15, -0.1) is 0 Å². The minimum Gasteiger partial charge on any atom is -0.344 e. The summed E-state index contributed by atoms with van der Waals surface area (Å²) in [6, 6.07) is 1.80. The zero-order chi connectivity index (χ0) is 16.8. The SMILES string of the molecule is Cc1cc(C(=O)N2CCC[C@@H]2c2ncc(C)[nH]2)c2c(C)noc2n1. The number of aromatic nitrogens is 4. The number of carbonyl (C=O) groups excluding carboxylic acids is 1. The number of amides is 1. The van der Waals surface area contributed by atoms with E-state index >= 15 is 0 Å². The van der Waals surface area contributed by atoms with Crippen LogP contribution in [0.2, 0.25) is 0 Å². The Kier molecular flexibility index (Phi) is 3.37. The van der Waals surface area contributed by atoms with Gasteiger partial charge in [-0.3, -0.25) is 4.79 Å². The minimum atomic E-state index is -0.0200. The fourth-order valence-corrected chi connectivity index (χ4v) is 3.44. The number of imidazole rings is 1.